The summed E-state index contributed by atoms with van der Waals surface area (Å²) in [5, 5.41) is 22.7. The molecule has 0 radical (unpaired) electrons. The lowest BCUT2D eigenvalue weighted by Crippen LogP contribution is -2.02. The van der Waals surface area contributed by atoms with Gasteiger partial charge in [0.2, 0.25) is 0 Å². The van der Waals surface area contributed by atoms with Gasteiger partial charge in [0, 0.05) is 24.4 Å². The van der Waals surface area contributed by atoms with Crippen molar-refractivity contribution in [3.63, 3.8) is 0 Å². The van der Waals surface area contributed by atoms with Crippen LogP contribution in [0.1, 0.15) is 16.7 Å². The Morgan fingerprint density at radius 3 is 2.55 bits per heavy atom. The Kier molecular flexibility index (Phi) is 3.96. The molecule has 0 aliphatic carbocycles. The number of hydrogen-bond acceptors (Lipinski definition) is 4. The first kappa shape index (κ1) is 13.6. The predicted octanol–water partition coefficient (Wildman–Crippen LogP) is 3.39. The quantitative estimate of drug-likeness (QED) is 0.680. The lowest BCUT2D eigenvalue weighted by Gasteiger charge is -2.09. The number of benzene rings is 2. The van der Waals surface area contributed by atoms with Crippen LogP contribution in [0.2, 0.25) is 0 Å². The molecule has 0 aliphatic rings. The third-order valence-corrected chi connectivity index (χ3v) is 3.00. The highest BCUT2D eigenvalue weighted by Crippen LogP contribution is 2.22. The van der Waals surface area contributed by atoms with Gasteiger partial charge in [-0.15, -0.1) is 0 Å². The van der Waals surface area contributed by atoms with Crippen molar-refractivity contribution in [2.45, 2.75) is 13.5 Å². The highest BCUT2D eigenvalue weighted by atomic mass is 16.6. The zero-order valence-electron chi connectivity index (χ0n) is 11.0. The van der Waals surface area contributed by atoms with Crippen molar-refractivity contribution < 1.29 is 4.92 Å². The second kappa shape index (κ2) is 5.85. The van der Waals surface area contributed by atoms with Crippen molar-refractivity contribution in [3.8, 4) is 6.07 Å². The fourth-order valence-electron chi connectivity index (χ4n) is 1.81. The third kappa shape index (κ3) is 3.12. The fraction of sp³-hybridized carbons (Fsp3) is 0.133. The number of aryl methyl sites for hydroxylation is 1. The summed E-state index contributed by atoms with van der Waals surface area (Å²) in [6.07, 6.45) is 0. The van der Waals surface area contributed by atoms with E-state index in [1.165, 1.54) is 12.1 Å². The van der Waals surface area contributed by atoms with Crippen LogP contribution < -0.4 is 5.32 Å². The Morgan fingerprint density at radius 2 is 1.95 bits per heavy atom. The Balaban J connectivity index is 2.12. The van der Waals surface area contributed by atoms with Gasteiger partial charge in [0.05, 0.1) is 16.6 Å². The summed E-state index contributed by atoms with van der Waals surface area (Å²) in [6.45, 7) is 2.44. The van der Waals surface area contributed by atoms with Crippen molar-refractivity contribution >= 4 is 11.4 Å². The van der Waals surface area contributed by atoms with Gasteiger partial charge < -0.3 is 5.32 Å². The topological polar surface area (TPSA) is 79.0 Å². The van der Waals surface area contributed by atoms with Gasteiger partial charge in [-0.05, 0) is 30.2 Å². The number of nitro benzene ring substituents is 1. The lowest BCUT2D eigenvalue weighted by atomic mass is 10.1. The van der Waals surface area contributed by atoms with Crippen molar-refractivity contribution in [2.75, 3.05) is 5.32 Å². The van der Waals surface area contributed by atoms with Crippen LogP contribution in [0, 0.1) is 28.4 Å². The van der Waals surface area contributed by atoms with Crippen LogP contribution in [0.4, 0.5) is 11.4 Å². The minimum absolute atomic E-state index is 0.0675. The summed E-state index contributed by atoms with van der Waals surface area (Å²) >= 11 is 0. The van der Waals surface area contributed by atoms with E-state index >= 15 is 0 Å². The first-order valence-corrected chi connectivity index (χ1v) is 6.08. The van der Waals surface area contributed by atoms with Crippen LogP contribution in [0.3, 0.4) is 0 Å². The Bertz CT molecular complexity index is 673. The Hall–Kier alpha value is -2.87. The third-order valence-electron chi connectivity index (χ3n) is 3.00. The Labute approximate surface area is 116 Å². The maximum absolute atomic E-state index is 10.8. The molecular formula is C15H13N3O2. The number of nitrogens with zero attached hydrogens (tertiary/aromatic N) is 2. The molecule has 0 aromatic heterocycles. The summed E-state index contributed by atoms with van der Waals surface area (Å²) in [5.41, 5.74) is 3.38. The number of non-ortho nitro benzene ring substituents is 1. The van der Waals surface area contributed by atoms with Gasteiger partial charge in [-0.3, -0.25) is 10.1 Å². The SMILES string of the molecule is Cc1ccc([N+](=O)[O-])cc1NCc1ccc(C#N)cc1. The van der Waals surface area contributed by atoms with Crippen LogP contribution in [0.15, 0.2) is 42.5 Å². The fourth-order valence-corrected chi connectivity index (χ4v) is 1.81. The molecule has 0 fully saturated rings. The number of nitrogens with one attached hydrogen (secondary N) is 1. The average Bonchev–Trinajstić information content (AvgIpc) is 2.46. The summed E-state index contributed by atoms with van der Waals surface area (Å²) in [7, 11) is 0. The van der Waals surface area contributed by atoms with Crippen molar-refractivity contribution in [1.29, 1.82) is 5.26 Å². The summed E-state index contributed by atoms with van der Waals surface area (Å²) in [5.74, 6) is 0. The molecule has 0 saturated heterocycles. The van der Waals surface area contributed by atoms with Crippen LogP contribution in [-0.4, -0.2) is 4.92 Å². The van der Waals surface area contributed by atoms with Crippen LogP contribution in [0.25, 0.3) is 0 Å². The van der Waals surface area contributed by atoms with E-state index in [-0.39, 0.29) is 5.69 Å². The molecule has 0 spiro atoms. The number of nitro groups is 1. The van der Waals surface area contributed by atoms with E-state index in [1.807, 2.05) is 19.1 Å². The molecule has 0 atom stereocenters. The zero-order chi connectivity index (χ0) is 14.5. The monoisotopic (exact) mass is 267 g/mol. The highest BCUT2D eigenvalue weighted by Gasteiger charge is 2.08. The van der Waals surface area contributed by atoms with Crippen molar-refractivity contribution in [3.05, 3.63) is 69.3 Å². The smallest absolute Gasteiger partial charge is 0.271 e. The maximum atomic E-state index is 10.8. The van der Waals surface area contributed by atoms with E-state index in [9.17, 15) is 10.1 Å². The molecule has 2 aromatic carbocycles. The predicted molar refractivity (Wildman–Crippen MR) is 76.3 cm³/mol. The van der Waals surface area contributed by atoms with E-state index in [4.69, 9.17) is 5.26 Å². The minimum atomic E-state index is -0.410. The largest absolute Gasteiger partial charge is 0.381 e. The molecule has 0 unspecified atom stereocenters. The summed E-state index contributed by atoms with van der Waals surface area (Å²) < 4.78 is 0. The van der Waals surface area contributed by atoms with Crippen LogP contribution in [0.5, 0.6) is 0 Å². The molecule has 0 amide bonds. The van der Waals surface area contributed by atoms with Gasteiger partial charge >= 0.3 is 0 Å². The number of hydrogen-bond donors (Lipinski definition) is 1. The molecule has 5 nitrogen and oxygen atoms in total. The van der Waals surface area contributed by atoms with E-state index < -0.39 is 4.92 Å². The van der Waals surface area contributed by atoms with Crippen LogP contribution >= 0.6 is 0 Å². The first-order valence-electron chi connectivity index (χ1n) is 6.08. The zero-order valence-corrected chi connectivity index (χ0v) is 11.0. The second-order valence-electron chi connectivity index (χ2n) is 4.42. The van der Waals surface area contributed by atoms with E-state index in [0.29, 0.717) is 12.1 Å². The van der Waals surface area contributed by atoms with Crippen LogP contribution in [-0.2, 0) is 6.54 Å². The van der Waals surface area contributed by atoms with Gasteiger partial charge in [-0.1, -0.05) is 18.2 Å². The second-order valence-corrected chi connectivity index (χ2v) is 4.42. The molecule has 0 saturated carbocycles. The average molecular weight is 267 g/mol. The molecule has 1 N–H and O–H groups in total. The van der Waals surface area contributed by atoms with Gasteiger partial charge in [0.1, 0.15) is 0 Å². The number of nitriles is 1. The van der Waals surface area contributed by atoms with E-state index in [0.717, 1.165) is 16.8 Å². The van der Waals surface area contributed by atoms with Crippen molar-refractivity contribution in [1.82, 2.24) is 0 Å². The molecule has 2 rings (SSSR count). The van der Waals surface area contributed by atoms with Gasteiger partial charge in [0.15, 0.2) is 0 Å². The Morgan fingerprint density at radius 1 is 1.25 bits per heavy atom. The van der Waals surface area contributed by atoms with E-state index in [1.54, 1.807) is 18.2 Å². The molecule has 0 bridgehead atoms. The minimum Gasteiger partial charge on any atom is -0.381 e. The summed E-state index contributed by atoms with van der Waals surface area (Å²) in [4.78, 5) is 10.3. The first-order chi connectivity index (χ1) is 9.60. The highest BCUT2D eigenvalue weighted by molar-refractivity contribution is 5.57. The maximum Gasteiger partial charge on any atom is 0.271 e. The van der Waals surface area contributed by atoms with Gasteiger partial charge in [0.25, 0.3) is 5.69 Å². The molecular weight excluding hydrogens is 254 g/mol. The standard InChI is InChI=1S/C15H13N3O2/c1-11-2-7-14(18(19)20)8-15(11)17-10-13-5-3-12(9-16)4-6-13/h2-8,17H,10H2,1H3. The molecule has 2 aromatic rings. The lowest BCUT2D eigenvalue weighted by molar-refractivity contribution is -0.384. The molecule has 5 heteroatoms. The molecule has 100 valence electrons. The number of rotatable bonds is 4. The molecule has 20 heavy (non-hydrogen) atoms. The summed E-state index contributed by atoms with van der Waals surface area (Å²) in [6, 6.07) is 14.0. The molecule has 0 aliphatic heterocycles. The normalized spacial score (nSPS) is 9.80. The van der Waals surface area contributed by atoms with Crippen molar-refractivity contribution in [2.24, 2.45) is 0 Å². The van der Waals surface area contributed by atoms with Gasteiger partial charge in [-0.25, -0.2) is 0 Å². The molecule has 0 heterocycles. The number of anilines is 1. The van der Waals surface area contributed by atoms with Gasteiger partial charge in [-0.2, -0.15) is 5.26 Å². The van der Waals surface area contributed by atoms with E-state index in [2.05, 4.69) is 11.4 Å².